The van der Waals surface area contributed by atoms with E-state index in [9.17, 15) is 4.79 Å². The molecule has 16 heavy (non-hydrogen) atoms. The minimum atomic E-state index is -0.165. The minimum Gasteiger partial charge on any atom is -0.314 e. The highest BCUT2D eigenvalue weighted by Crippen LogP contribution is 1.98. The molecule has 4 nitrogen and oxygen atoms in total. The van der Waals surface area contributed by atoms with E-state index in [-0.39, 0.29) is 5.69 Å². The Kier molecular flexibility index (Phi) is 4.68. The maximum absolute atomic E-state index is 11.5. The summed E-state index contributed by atoms with van der Waals surface area (Å²) in [6.45, 7) is 9.94. The zero-order chi connectivity index (χ0) is 12.1. The van der Waals surface area contributed by atoms with Gasteiger partial charge in [-0.15, -0.1) is 0 Å². The second kappa shape index (κ2) is 5.80. The second-order valence-electron chi connectivity index (χ2n) is 4.73. The van der Waals surface area contributed by atoms with Crippen LogP contribution in [0.2, 0.25) is 0 Å². The monoisotopic (exact) mass is 223 g/mol. The van der Waals surface area contributed by atoms with Crippen molar-refractivity contribution in [1.82, 2.24) is 14.9 Å². The SMILES string of the molecule is Cc1cnc(=O)n(CC(C)CNC(C)C)c1. The highest BCUT2D eigenvalue weighted by molar-refractivity contribution is 4.99. The first-order chi connectivity index (χ1) is 7.49. The third-order valence-electron chi connectivity index (χ3n) is 2.37. The Morgan fingerprint density at radius 3 is 2.75 bits per heavy atom. The molecule has 1 rings (SSSR count). The first kappa shape index (κ1) is 12.9. The average Bonchev–Trinajstić information content (AvgIpc) is 2.20. The van der Waals surface area contributed by atoms with Crippen molar-refractivity contribution in [3.8, 4) is 0 Å². The van der Waals surface area contributed by atoms with E-state index in [1.807, 2.05) is 13.1 Å². The topological polar surface area (TPSA) is 46.9 Å². The molecule has 1 unspecified atom stereocenters. The van der Waals surface area contributed by atoms with E-state index in [2.05, 4.69) is 31.1 Å². The summed E-state index contributed by atoms with van der Waals surface area (Å²) in [6.07, 6.45) is 3.47. The zero-order valence-corrected chi connectivity index (χ0v) is 10.5. The number of nitrogens with zero attached hydrogens (tertiary/aromatic N) is 2. The number of nitrogens with one attached hydrogen (secondary N) is 1. The lowest BCUT2D eigenvalue weighted by Gasteiger charge is -2.16. The molecule has 0 saturated carbocycles. The van der Waals surface area contributed by atoms with E-state index < -0.39 is 0 Å². The highest BCUT2D eigenvalue weighted by atomic mass is 16.1. The molecule has 1 atom stereocenters. The fourth-order valence-electron chi connectivity index (χ4n) is 1.53. The number of hydrogen-bond donors (Lipinski definition) is 1. The van der Waals surface area contributed by atoms with Gasteiger partial charge in [0.15, 0.2) is 0 Å². The molecule has 0 aliphatic carbocycles. The Balaban J connectivity index is 2.58. The van der Waals surface area contributed by atoms with Crippen LogP contribution in [0.5, 0.6) is 0 Å². The van der Waals surface area contributed by atoms with Crippen molar-refractivity contribution in [1.29, 1.82) is 0 Å². The van der Waals surface area contributed by atoms with E-state index in [0.717, 1.165) is 12.1 Å². The predicted molar refractivity (Wildman–Crippen MR) is 65.5 cm³/mol. The molecular weight excluding hydrogens is 202 g/mol. The van der Waals surface area contributed by atoms with Crippen LogP contribution < -0.4 is 11.0 Å². The van der Waals surface area contributed by atoms with Crippen LogP contribution >= 0.6 is 0 Å². The summed E-state index contributed by atoms with van der Waals surface area (Å²) in [4.78, 5) is 15.3. The summed E-state index contributed by atoms with van der Waals surface area (Å²) in [5.41, 5.74) is 0.852. The molecule has 0 fully saturated rings. The van der Waals surface area contributed by atoms with Crippen LogP contribution in [0.4, 0.5) is 0 Å². The lowest BCUT2D eigenvalue weighted by molar-refractivity contribution is 0.416. The van der Waals surface area contributed by atoms with Crippen molar-refractivity contribution >= 4 is 0 Å². The molecular formula is C12H21N3O. The van der Waals surface area contributed by atoms with Crippen LogP contribution in [0.25, 0.3) is 0 Å². The fourth-order valence-corrected chi connectivity index (χ4v) is 1.53. The first-order valence-electron chi connectivity index (χ1n) is 5.75. The van der Waals surface area contributed by atoms with Gasteiger partial charge >= 0.3 is 5.69 Å². The van der Waals surface area contributed by atoms with Crippen molar-refractivity contribution in [3.05, 3.63) is 28.4 Å². The Hall–Kier alpha value is -1.16. The molecule has 0 spiro atoms. The van der Waals surface area contributed by atoms with E-state index in [1.54, 1.807) is 10.8 Å². The van der Waals surface area contributed by atoms with Crippen molar-refractivity contribution in [2.45, 2.75) is 40.3 Å². The van der Waals surface area contributed by atoms with Crippen LogP contribution in [-0.4, -0.2) is 22.1 Å². The average molecular weight is 223 g/mol. The Morgan fingerprint density at radius 2 is 2.12 bits per heavy atom. The van der Waals surface area contributed by atoms with Crippen LogP contribution in [0.3, 0.4) is 0 Å². The molecule has 1 N–H and O–H groups in total. The van der Waals surface area contributed by atoms with Crippen LogP contribution in [-0.2, 0) is 6.54 Å². The number of aryl methyl sites for hydroxylation is 1. The fraction of sp³-hybridized carbons (Fsp3) is 0.667. The third kappa shape index (κ3) is 4.14. The lowest BCUT2D eigenvalue weighted by Crippen LogP contribution is -2.32. The van der Waals surface area contributed by atoms with Gasteiger partial charge in [-0.2, -0.15) is 0 Å². The van der Waals surface area contributed by atoms with Gasteiger partial charge in [0, 0.05) is 25.0 Å². The van der Waals surface area contributed by atoms with Crippen molar-refractivity contribution in [3.63, 3.8) is 0 Å². The van der Waals surface area contributed by atoms with Gasteiger partial charge in [0.2, 0.25) is 0 Å². The molecule has 0 aliphatic heterocycles. The highest BCUT2D eigenvalue weighted by Gasteiger charge is 2.05. The van der Waals surface area contributed by atoms with Crippen LogP contribution in [0, 0.1) is 12.8 Å². The zero-order valence-electron chi connectivity index (χ0n) is 10.5. The third-order valence-corrected chi connectivity index (χ3v) is 2.37. The Morgan fingerprint density at radius 1 is 1.44 bits per heavy atom. The number of hydrogen-bond acceptors (Lipinski definition) is 3. The predicted octanol–water partition coefficient (Wildman–Crippen LogP) is 1.19. The molecule has 4 heteroatoms. The molecule has 0 bridgehead atoms. The second-order valence-corrected chi connectivity index (χ2v) is 4.73. The molecule has 1 aromatic heterocycles. The largest absolute Gasteiger partial charge is 0.347 e. The summed E-state index contributed by atoms with van der Waals surface area (Å²) >= 11 is 0. The molecule has 90 valence electrons. The van der Waals surface area contributed by atoms with E-state index in [1.165, 1.54) is 0 Å². The smallest absolute Gasteiger partial charge is 0.314 e. The van der Waals surface area contributed by atoms with Crippen LogP contribution in [0.1, 0.15) is 26.3 Å². The molecule has 0 aromatic carbocycles. The molecule has 0 aliphatic rings. The van der Waals surface area contributed by atoms with Gasteiger partial charge in [-0.25, -0.2) is 9.78 Å². The molecule has 0 amide bonds. The summed E-state index contributed by atoms with van der Waals surface area (Å²) in [5, 5.41) is 3.36. The maximum atomic E-state index is 11.5. The number of aromatic nitrogens is 2. The van der Waals surface area contributed by atoms with Gasteiger partial charge < -0.3 is 5.32 Å². The van der Waals surface area contributed by atoms with Crippen molar-refractivity contribution in [2.75, 3.05) is 6.54 Å². The van der Waals surface area contributed by atoms with Crippen molar-refractivity contribution < 1.29 is 0 Å². The molecule has 0 saturated heterocycles. The van der Waals surface area contributed by atoms with Gasteiger partial charge in [-0.05, 0) is 24.9 Å². The van der Waals surface area contributed by atoms with E-state index in [0.29, 0.717) is 18.5 Å². The maximum Gasteiger partial charge on any atom is 0.347 e. The van der Waals surface area contributed by atoms with Crippen molar-refractivity contribution in [2.24, 2.45) is 5.92 Å². The molecule has 1 heterocycles. The Bertz CT molecular complexity index is 384. The number of rotatable bonds is 5. The standard InChI is InChI=1S/C12H21N3O/c1-9(2)13-5-10(3)7-15-8-11(4)6-14-12(15)16/h6,8-10,13H,5,7H2,1-4H3. The van der Waals surface area contributed by atoms with Gasteiger partial charge in [-0.3, -0.25) is 4.57 Å². The first-order valence-corrected chi connectivity index (χ1v) is 5.75. The van der Waals surface area contributed by atoms with Crippen LogP contribution in [0.15, 0.2) is 17.2 Å². The van der Waals surface area contributed by atoms with Gasteiger partial charge in [-0.1, -0.05) is 20.8 Å². The summed E-state index contributed by atoms with van der Waals surface area (Å²) in [5.74, 6) is 0.420. The summed E-state index contributed by atoms with van der Waals surface area (Å²) in [7, 11) is 0. The van der Waals surface area contributed by atoms with Gasteiger partial charge in [0.25, 0.3) is 0 Å². The quantitative estimate of drug-likeness (QED) is 0.815. The normalized spacial score (nSPS) is 13.1. The lowest BCUT2D eigenvalue weighted by atomic mass is 10.1. The minimum absolute atomic E-state index is 0.165. The van der Waals surface area contributed by atoms with E-state index in [4.69, 9.17) is 0 Å². The molecule has 1 aromatic rings. The van der Waals surface area contributed by atoms with Gasteiger partial charge in [0.1, 0.15) is 0 Å². The Labute approximate surface area is 96.7 Å². The van der Waals surface area contributed by atoms with E-state index >= 15 is 0 Å². The summed E-state index contributed by atoms with van der Waals surface area (Å²) < 4.78 is 1.68. The van der Waals surface area contributed by atoms with Gasteiger partial charge in [0.05, 0.1) is 0 Å². The molecule has 0 radical (unpaired) electrons. The summed E-state index contributed by atoms with van der Waals surface area (Å²) in [6, 6.07) is 0.481.